The van der Waals surface area contributed by atoms with Gasteiger partial charge in [-0.15, -0.1) is 0 Å². The maximum atomic E-state index is 3.64. The fourth-order valence-electron chi connectivity index (χ4n) is 2.27. The van der Waals surface area contributed by atoms with E-state index in [1.807, 2.05) is 0 Å². The number of fused-ring (bicyclic) bond motifs is 3. The van der Waals surface area contributed by atoms with Crippen LogP contribution in [0.5, 0.6) is 0 Å². The highest BCUT2D eigenvalue weighted by atomic mass is 79.9. The third-order valence-electron chi connectivity index (χ3n) is 3.06. The number of nitrogens with zero attached hydrogens (tertiary/aromatic N) is 1. The summed E-state index contributed by atoms with van der Waals surface area (Å²) in [5.74, 6) is 0. The van der Waals surface area contributed by atoms with Gasteiger partial charge in [-0.3, -0.25) is 4.67 Å². The molecular weight excluding hydrogens is 351 g/mol. The Morgan fingerprint density at radius 3 is 2.81 bits per heavy atom. The van der Waals surface area contributed by atoms with E-state index in [9.17, 15) is 0 Å². The van der Waals surface area contributed by atoms with Crippen molar-refractivity contribution in [3.63, 3.8) is 0 Å². The molecule has 84 valence electrons. The molecule has 0 fully saturated rings. The van der Waals surface area contributed by atoms with Crippen LogP contribution in [0.15, 0.2) is 21.1 Å². The molecule has 2 heterocycles. The Morgan fingerprint density at radius 2 is 2.00 bits per heavy atom. The number of aromatic nitrogens is 1. The summed E-state index contributed by atoms with van der Waals surface area (Å²) in [5, 5.41) is 1.32. The number of hydrogen-bond acceptors (Lipinski definition) is 1. The third kappa shape index (κ3) is 1.67. The Bertz CT molecular complexity index is 565. The van der Waals surface area contributed by atoms with E-state index in [-0.39, 0.29) is 0 Å². The maximum absolute atomic E-state index is 3.64. The van der Waals surface area contributed by atoms with Gasteiger partial charge in [0.05, 0.1) is 5.52 Å². The average Bonchev–Trinajstić information content (AvgIpc) is 2.63. The van der Waals surface area contributed by atoms with Crippen LogP contribution in [0.3, 0.4) is 0 Å². The lowest BCUT2D eigenvalue weighted by Crippen LogP contribution is -2.20. The van der Waals surface area contributed by atoms with Crippen LogP contribution in [0, 0.1) is 0 Å². The zero-order valence-electron chi connectivity index (χ0n) is 8.56. The summed E-state index contributed by atoms with van der Waals surface area (Å²) in [5.41, 5.74) is 4.01. The molecule has 1 atom stereocenters. The SMILES string of the molecule is PN1CCc2[nH]c3c(Br)ccc(Br)c3c2C1. The van der Waals surface area contributed by atoms with Crippen molar-refractivity contribution in [2.45, 2.75) is 13.0 Å². The topological polar surface area (TPSA) is 19.0 Å². The van der Waals surface area contributed by atoms with Crippen LogP contribution in [0.25, 0.3) is 10.9 Å². The summed E-state index contributed by atoms with van der Waals surface area (Å²) in [6.45, 7) is 2.09. The van der Waals surface area contributed by atoms with Gasteiger partial charge in [0.25, 0.3) is 0 Å². The highest BCUT2D eigenvalue weighted by Crippen LogP contribution is 2.37. The van der Waals surface area contributed by atoms with Crippen LogP contribution in [0.4, 0.5) is 0 Å². The molecule has 1 aliphatic rings. The van der Waals surface area contributed by atoms with Gasteiger partial charge in [0, 0.05) is 39.5 Å². The Balaban J connectivity index is 2.34. The lowest BCUT2D eigenvalue weighted by atomic mass is 10.1. The third-order valence-corrected chi connectivity index (χ3v) is 4.82. The molecule has 0 amide bonds. The summed E-state index contributed by atoms with van der Waals surface area (Å²) in [7, 11) is 2.79. The molecule has 0 saturated heterocycles. The molecule has 0 spiro atoms. The smallest absolute Gasteiger partial charge is 0.0615 e. The summed E-state index contributed by atoms with van der Waals surface area (Å²) < 4.78 is 4.59. The minimum absolute atomic E-state index is 0.995. The monoisotopic (exact) mass is 360 g/mol. The van der Waals surface area contributed by atoms with E-state index in [1.165, 1.54) is 26.6 Å². The van der Waals surface area contributed by atoms with Gasteiger partial charge < -0.3 is 4.98 Å². The van der Waals surface area contributed by atoms with Gasteiger partial charge in [-0.25, -0.2) is 0 Å². The fourth-order valence-corrected chi connectivity index (χ4v) is 3.58. The minimum atomic E-state index is 0.995. The molecule has 0 bridgehead atoms. The highest BCUT2D eigenvalue weighted by molar-refractivity contribution is 9.11. The standard InChI is InChI=1S/C11H11Br2N2P/c12-7-1-2-8(13)11-10(7)6-5-15(16)4-3-9(6)14-11/h1-2,14H,3-5,16H2. The van der Waals surface area contributed by atoms with Crippen molar-refractivity contribution in [3.05, 3.63) is 32.3 Å². The van der Waals surface area contributed by atoms with E-state index in [2.05, 4.69) is 63.0 Å². The first-order valence-corrected chi connectivity index (χ1v) is 7.24. The van der Waals surface area contributed by atoms with Crippen LogP contribution in [0.1, 0.15) is 11.3 Å². The van der Waals surface area contributed by atoms with Crippen molar-refractivity contribution in [3.8, 4) is 0 Å². The molecule has 1 N–H and O–H groups in total. The molecule has 5 heteroatoms. The van der Waals surface area contributed by atoms with Crippen LogP contribution < -0.4 is 0 Å². The van der Waals surface area contributed by atoms with Crippen molar-refractivity contribution in [1.29, 1.82) is 0 Å². The van der Waals surface area contributed by atoms with Crippen molar-refractivity contribution in [2.24, 2.45) is 0 Å². The van der Waals surface area contributed by atoms with E-state index < -0.39 is 0 Å². The molecule has 1 aromatic carbocycles. The Morgan fingerprint density at radius 1 is 1.25 bits per heavy atom. The minimum Gasteiger partial charge on any atom is -0.357 e. The highest BCUT2D eigenvalue weighted by Gasteiger charge is 2.20. The second-order valence-electron chi connectivity index (χ2n) is 4.08. The number of benzene rings is 1. The molecule has 1 aliphatic heterocycles. The molecule has 0 saturated carbocycles. The van der Waals surface area contributed by atoms with Crippen molar-refractivity contribution in [2.75, 3.05) is 6.54 Å². The number of nitrogens with one attached hydrogen (secondary N) is 1. The fraction of sp³-hybridized carbons (Fsp3) is 0.273. The second kappa shape index (κ2) is 4.09. The van der Waals surface area contributed by atoms with Gasteiger partial charge in [0.1, 0.15) is 0 Å². The molecule has 1 aromatic heterocycles. The van der Waals surface area contributed by atoms with E-state index in [4.69, 9.17) is 0 Å². The molecule has 0 radical (unpaired) electrons. The molecular formula is C11H11Br2N2P. The van der Waals surface area contributed by atoms with Gasteiger partial charge in [-0.1, -0.05) is 25.3 Å². The van der Waals surface area contributed by atoms with Crippen molar-refractivity contribution < 1.29 is 0 Å². The summed E-state index contributed by atoms with van der Waals surface area (Å²) >= 11 is 7.24. The maximum Gasteiger partial charge on any atom is 0.0615 e. The molecule has 16 heavy (non-hydrogen) atoms. The van der Waals surface area contributed by atoms with Crippen LogP contribution in [0.2, 0.25) is 0 Å². The van der Waals surface area contributed by atoms with Gasteiger partial charge in [0.2, 0.25) is 0 Å². The van der Waals surface area contributed by atoms with Crippen LogP contribution in [-0.2, 0) is 13.0 Å². The number of H-pyrrole nitrogens is 1. The molecule has 2 aromatic rings. The first-order chi connectivity index (χ1) is 7.66. The zero-order chi connectivity index (χ0) is 11.3. The van der Waals surface area contributed by atoms with E-state index in [0.29, 0.717) is 0 Å². The van der Waals surface area contributed by atoms with E-state index >= 15 is 0 Å². The first-order valence-electron chi connectivity index (χ1n) is 5.14. The first kappa shape index (κ1) is 11.2. The number of halogens is 2. The van der Waals surface area contributed by atoms with E-state index in [0.717, 1.165) is 24.0 Å². The summed E-state index contributed by atoms with van der Waals surface area (Å²) in [6.07, 6.45) is 1.09. The quantitative estimate of drug-likeness (QED) is 0.706. The molecule has 3 rings (SSSR count). The van der Waals surface area contributed by atoms with Crippen LogP contribution in [-0.4, -0.2) is 16.2 Å². The second-order valence-corrected chi connectivity index (χ2v) is 6.52. The predicted molar refractivity (Wildman–Crippen MR) is 77.5 cm³/mol. The lowest BCUT2D eigenvalue weighted by molar-refractivity contribution is 0.443. The van der Waals surface area contributed by atoms with Crippen molar-refractivity contribution >= 4 is 52.2 Å². The normalized spacial score (nSPS) is 16.7. The summed E-state index contributed by atoms with van der Waals surface area (Å²) in [6, 6.07) is 4.18. The lowest BCUT2D eigenvalue weighted by Gasteiger charge is -2.22. The molecule has 0 aliphatic carbocycles. The van der Waals surface area contributed by atoms with Crippen molar-refractivity contribution in [1.82, 2.24) is 9.65 Å². The van der Waals surface area contributed by atoms with Gasteiger partial charge in [-0.2, -0.15) is 0 Å². The Hall–Kier alpha value is 0.110. The van der Waals surface area contributed by atoms with Crippen LogP contribution >= 0.6 is 41.3 Å². The zero-order valence-corrected chi connectivity index (χ0v) is 12.9. The largest absolute Gasteiger partial charge is 0.357 e. The predicted octanol–water partition coefficient (Wildman–Crippen LogP) is 3.84. The number of aromatic amines is 1. The Labute approximate surface area is 113 Å². The van der Waals surface area contributed by atoms with Gasteiger partial charge >= 0.3 is 0 Å². The number of rotatable bonds is 0. The Kier molecular flexibility index (Phi) is 2.87. The van der Waals surface area contributed by atoms with Gasteiger partial charge in [-0.05, 0) is 33.6 Å². The van der Waals surface area contributed by atoms with E-state index in [1.54, 1.807) is 0 Å². The average molecular weight is 362 g/mol. The molecule has 1 unspecified atom stereocenters. The molecule has 2 nitrogen and oxygen atoms in total. The number of hydrogen-bond donors (Lipinski definition) is 1. The summed E-state index contributed by atoms with van der Waals surface area (Å²) in [4.78, 5) is 3.53. The van der Waals surface area contributed by atoms with Gasteiger partial charge in [0.15, 0.2) is 0 Å².